The minimum atomic E-state index is -3.88. The second-order valence-corrected chi connectivity index (χ2v) is 7.73. The van der Waals surface area contributed by atoms with Crippen LogP contribution in [0.4, 0.5) is 0 Å². The molecule has 5 nitrogen and oxygen atoms in total. The number of nitrogens with zero attached hydrogens (tertiary/aromatic N) is 1. The zero-order valence-corrected chi connectivity index (χ0v) is 13.6. The number of carbonyl (C=O) groups is 1. The molecule has 1 N–H and O–H groups in total. The molecule has 2 unspecified atom stereocenters. The molecule has 1 heterocycles. The van der Waals surface area contributed by atoms with E-state index in [1.54, 1.807) is 6.92 Å². The monoisotopic (exact) mass is 351 g/mol. The van der Waals surface area contributed by atoms with Crippen LogP contribution in [-0.4, -0.2) is 36.4 Å². The van der Waals surface area contributed by atoms with Gasteiger partial charge in [0.1, 0.15) is 4.90 Å². The third-order valence-electron chi connectivity index (χ3n) is 3.68. The van der Waals surface area contributed by atoms with E-state index in [1.165, 1.54) is 22.5 Å². The van der Waals surface area contributed by atoms with Gasteiger partial charge in [0.15, 0.2) is 0 Å². The molecule has 1 aromatic rings. The minimum absolute atomic E-state index is 0.0381. The first-order valence-electron chi connectivity index (χ1n) is 6.43. The number of piperidine rings is 1. The molecule has 0 radical (unpaired) electrons. The van der Waals surface area contributed by atoms with Crippen molar-refractivity contribution in [2.24, 2.45) is 5.92 Å². The third kappa shape index (κ3) is 3.18. The zero-order valence-electron chi connectivity index (χ0n) is 11.3. The predicted octanol–water partition coefficient (Wildman–Crippen LogP) is 2.87. The molecule has 1 aliphatic heterocycles. The summed E-state index contributed by atoms with van der Waals surface area (Å²) in [5.74, 6) is -1.69. The number of hydrogen-bond donors (Lipinski definition) is 1. The molecule has 8 heteroatoms. The van der Waals surface area contributed by atoms with E-state index in [9.17, 15) is 13.2 Å². The Morgan fingerprint density at radius 3 is 2.62 bits per heavy atom. The van der Waals surface area contributed by atoms with Crippen molar-refractivity contribution < 1.29 is 18.3 Å². The maximum absolute atomic E-state index is 12.7. The topological polar surface area (TPSA) is 74.7 Å². The SMILES string of the molecule is CC1CCC(C(=O)O)CN1S(=O)(=O)c1cccc(Cl)c1Cl. The summed E-state index contributed by atoms with van der Waals surface area (Å²) in [5.41, 5.74) is 0. The highest BCUT2D eigenvalue weighted by Gasteiger charge is 2.38. The zero-order chi connectivity index (χ0) is 15.8. The Balaban J connectivity index is 2.42. The molecule has 0 amide bonds. The van der Waals surface area contributed by atoms with Crippen molar-refractivity contribution in [3.05, 3.63) is 28.2 Å². The number of carboxylic acids is 1. The van der Waals surface area contributed by atoms with Gasteiger partial charge in [-0.15, -0.1) is 0 Å². The van der Waals surface area contributed by atoms with Gasteiger partial charge in [0, 0.05) is 12.6 Å². The molecule has 0 aliphatic carbocycles. The normalized spacial score (nSPS) is 24.0. The lowest BCUT2D eigenvalue weighted by molar-refractivity contribution is -0.143. The second-order valence-electron chi connectivity index (χ2n) is 5.09. The van der Waals surface area contributed by atoms with Crippen LogP contribution in [0.15, 0.2) is 23.1 Å². The average Bonchev–Trinajstić information content (AvgIpc) is 2.41. The lowest BCUT2D eigenvalue weighted by Gasteiger charge is -2.35. The fourth-order valence-electron chi connectivity index (χ4n) is 2.42. The van der Waals surface area contributed by atoms with Crippen LogP contribution in [0.3, 0.4) is 0 Å². The van der Waals surface area contributed by atoms with Crippen LogP contribution in [0, 0.1) is 5.92 Å². The van der Waals surface area contributed by atoms with Gasteiger partial charge in [-0.3, -0.25) is 4.79 Å². The van der Waals surface area contributed by atoms with Crippen molar-refractivity contribution >= 4 is 39.2 Å². The Hall–Kier alpha value is -0.820. The highest BCUT2D eigenvalue weighted by atomic mass is 35.5. The lowest BCUT2D eigenvalue weighted by Crippen LogP contribution is -2.47. The van der Waals surface area contributed by atoms with Crippen molar-refractivity contribution in [1.29, 1.82) is 0 Å². The van der Waals surface area contributed by atoms with E-state index in [1.807, 2.05) is 0 Å². The predicted molar refractivity (Wildman–Crippen MR) is 80.2 cm³/mol. The molecular formula is C13H15Cl2NO4S. The Morgan fingerprint density at radius 2 is 2.00 bits per heavy atom. The fourth-order valence-corrected chi connectivity index (χ4v) is 4.87. The highest BCUT2D eigenvalue weighted by molar-refractivity contribution is 7.89. The minimum Gasteiger partial charge on any atom is -0.481 e. The van der Waals surface area contributed by atoms with E-state index in [0.717, 1.165) is 0 Å². The van der Waals surface area contributed by atoms with Crippen molar-refractivity contribution in [2.75, 3.05) is 6.54 Å². The molecule has 1 aliphatic rings. The summed E-state index contributed by atoms with van der Waals surface area (Å²) in [4.78, 5) is 11.0. The number of hydrogen-bond acceptors (Lipinski definition) is 3. The second kappa shape index (κ2) is 6.12. The molecule has 0 bridgehead atoms. The summed E-state index contributed by atoms with van der Waals surface area (Å²) < 4.78 is 26.7. The van der Waals surface area contributed by atoms with Crippen molar-refractivity contribution in [1.82, 2.24) is 4.31 Å². The summed E-state index contributed by atoms with van der Waals surface area (Å²) in [6.07, 6.45) is 0.959. The molecule has 0 saturated carbocycles. The summed E-state index contributed by atoms with van der Waals surface area (Å²) in [7, 11) is -3.88. The molecule has 0 spiro atoms. The maximum Gasteiger partial charge on any atom is 0.307 e. The number of carboxylic acid groups (broad SMARTS) is 1. The van der Waals surface area contributed by atoms with Gasteiger partial charge in [-0.1, -0.05) is 29.3 Å². The molecular weight excluding hydrogens is 337 g/mol. The Kier molecular flexibility index (Phi) is 4.82. The van der Waals surface area contributed by atoms with Crippen LogP contribution in [0.2, 0.25) is 10.0 Å². The molecule has 1 fully saturated rings. The first-order chi connectivity index (χ1) is 9.75. The van der Waals surface area contributed by atoms with Crippen molar-refractivity contribution in [2.45, 2.75) is 30.7 Å². The van der Waals surface area contributed by atoms with Crippen LogP contribution in [0.25, 0.3) is 0 Å². The van der Waals surface area contributed by atoms with Gasteiger partial charge >= 0.3 is 5.97 Å². The smallest absolute Gasteiger partial charge is 0.307 e. The lowest BCUT2D eigenvalue weighted by atomic mass is 9.96. The van der Waals surface area contributed by atoms with Gasteiger partial charge in [-0.2, -0.15) is 4.31 Å². The van der Waals surface area contributed by atoms with E-state index in [0.29, 0.717) is 12.8 Å². The quantitative estimate of drug-likeness (QED) is 0.908. The van der Waals surface area contributed by atoms with Crippen molar-refractivity contribution in [3.8, 4) is 0 Å². The first kappa shape index (κ1) is 16.5. The van der Waals surface area contributed by atoms with E-state index in [-0.39, 0.29) is 27.5 Å². The number of rotatable bonds is 3. The number of sulfonamides is 1. The van der Waals surface area contributed by atoms with E-state index >= 15 is 0 Å². The maximum atomic E-state index is 12.7. The number of halogens is 2. The summed E-state index contributed by atoms with van der Waals surface area (Å²) in [6, 6.07) is 4.11. The Morgan fingerprint density at radius 1 is 1.33 bits per heavy atom. The van der Waals surface area contributed by atoms with Crippen LogP contribution in [-0.2, 0) is 14.8 Å². The van der Waals surface area contributed by atoms with Gasteiger partial charge in [-0.05, 0) is 31.9 Å². The Bertz CT molecular complexity index is 662. The number of aliphatic carboxylic acids is 1. The van der Waals surface area contributed by atoms with Crippen LogP contribution in [0.1, 0.15) is 19.8 Å². The Labute approximate surface area is 133 Å². The molecule has 1 saturated heterocycles. The summed E-state index contributed by atoms with van der Waals surface area (Å²) >= 11 is 11.9. The van der Waals surface area contributed by atoms with E-state index in [4.69, 9.17) is 28.3 Å². The van der Waals surface area contributed by atoms with Gasteiger partial charge in [0.2, 0.25) is 10.0 Å². The standard InChI is InChI=1S/C13H15Cl2NO4S/c1-8-5-6-9(13(17)18)7-16(8)21(19,20)11-4-2-3-10(14)12(11)15/h2-4,8-9H,5-7H2,1H3,(H,17,18). The van der Waals surface area contributed by atoms with E-state index < -0.39 is 21.9 Å². The summed E-state index contributed by atoms with van der Waals surface area (Å²) in [6.45, 7) is 1.70. The van der Waals surface area contributed by atoms with Crippen LogP contribution < -0.4 is 0 Å². The van der Waals surface area contributed by atoms with Crippen LogP contribution >= 0.6 is 23.2 Å². The number of benzene rings is 1. The fraction of sp³-hybridized carbons (Fsp3) is 0.462. The molecule has 1 aromatic carbocycles. The average molecular weight is 352 g/mol. The van der Waals surface area contributed by atoms with Gasteiger partial charge in [0.05, 0.1) is 16.0 Å². The van der Waals surface area contributed by atoms with E-state index in [2.05, 4.69) is 0 Å². The molecule has 2 rings (SSSR count). The molecule has 2 atom stereocenters. The molecule has 116 valence electrons. The third-order valence-corrected chi connectivity index (χ3v) is 6.63. The largest absolute Gasteiger partial charge is 0.481 e. The van der Waals surface area contributed by atoms with Gasteiger partial charge in [0.25, 0.3) is 0 Å². The van der Waals surface area contributed by atoms with Gasteiger partial charge in [-0.25, -0.2) is 8.42 Å². The molecule has 0 aromatic heterocycles. The summed E-state index contributed by atoms with van der Waals surface area (Å²) in [5, 5.41) is 9.22. The van der Waals surface area contributed by atoms with Gasteiger partial charge < -0.3 is 5.11 Å². The highest BCUT2D eigenvalue weighted by Crippen LogP contribution is 2.34. The first-order valence-corrected chi connectivity index (χ1v) is 8.63. The van der Waals surface area contributed by atoms with Crippen LogP contribution in [0.5, 0.6) is 0 Å². The molecule has 21 heavy (non-hydrogen) atoms. The van der Waals surface area contributed by atoms with Crippen molar-refractivity contribution in [3.63, 3.8) is 0 Å².